The number of nitrogens with one attached hydrogen (secondary N) is 1. The summed E-state index contributed by atoms with van der Waals surface area (Å²) >= 11 is 6.02. The van der Waals surface area contributed by atoms with Crippen LogP contribution in [0.2, 0.25) is 5.28 Å². The van der Waals surface area contributed by atoms with Crippen LogP contribution in [0.15, 0.2) is 30.5 Å². The summed E-state index contributed by atoms with van der Waals surface area (Å²) in [5, 5.41) is 14.7. The Labute approximate surface area is 190 Å². The van der Waals surface area contributed by atoms with Gasteiger partial charge in [-0.15, -0.1) is 0 Å². The van der Waals surface area contributed by atoms with Crippen LogP contribution in [0.5, 0.6) is 0 Å². The van der Waals surface area contributed by atoms with Crippen molar-refractivity contribution in [1.82, 2.24) is 15.0 Å². The van der Waals surface area contributed by atoms with Crippen molar-refractivity contribution in [3.8, 4) is 0 Å². The van der Waals surface area contributed by atoms with E-state index in [1.165, 1.54) is 0 Å². The van der Waals surface area contributed by atoms with Gasteiger partial charge in [-0.05, 0) is 35.7 Å². The maximum absolute atomic E-state index is 13.1. The zero-order chi connectivity index (χ0) is 23.6. The molecular weight excluding hydrogens is 465 g/mol. The summed E-state index contributed by atoms with van der Waals surface area (Å²) in [5.41, 5.74) is -1.01. The van der Waals surface area contributed by atoms with Gasteiger partial charge >= 0.3 is 6.18 Å². The largest absolute Gasteiger partial charge is 0.416 e. The summed E-state index contributed by atoms with van der Waals surface area (Å²) in [7, 11) is 0. The SMILES string of the molecule is O=[N+]([O-])c1cc(CCNc2nc(Cl)nc3cnc(N4CCOCC4)cc23)cc(C(F)(F)F)c1. The number of halogens is 4. The topological polar surface area (TPSA) is 106 Å². The number of aromatic nitrogens is 3. The van der Waals surface area contributed by atoms with Crippen molar-refractivity contribution in [2.75, 3.05) is 43.1 Å². The van der Waals surface area contributed by atoms with E-state index in [2.05, 4.69) is 25.2 Å². The van der Waals surface area contributed by atoms with E-state index in [0.29, 0.717) is 54.9 Å². The summed E-state index contributed by atoms with van der Waals surface area (Å²) in [6.45, 7) is 2.71. The number of hydrogen-bond acceptors (Lipinski definition) is 8. The molecule has 0 unspecified atom stereocenters. The highest BCUT2D eigenvalue weighted by atomic mass is 35.5. The van der Waals surface area contributed by atoms with Gasteiger partial charge in [-0.25, -0.2) is 15.0 Å². The number of alkyl halides is 3. The molecule has 0 radical (unpaired) electrons. The summed E-state index contributed by atoms with van der Waals surface area (Å²) in [5.74, 6) is 1.11. The van der Waals surface area contributed by atoms with E-state index in [0.717, 1.165) is 12.1 Å². The highest BCUT2D eigenvalue weighted by molar-refractivity contribution is 6.28. The first-order chi connectivity index (χ1) is 15.7. The number of hydrogen-bond donors (Lipinski definition) is 1. The lowest BCUT2D eigenvalue weighted by Gasteiger charge is -2.28. The molecule has 2 aromatic heterocycles. The van der Waals surface area contributed by atoms with Crippen LogP contribution in [0.1, 0.15) is 11.1 Å². The molecule has 1 aliphatic heterocycles. The molecule has 1 saturated heterocycles. The molecule has 1 aliphatic rings. The summed E-state index contributed by atoms with van der Waals surface area (Å²) in [6, 6.07) is 4.37. The molecule has 33 heavy (non-hydrogen) atoms. The maximum Gasteiger partial charge on any atom is 0.416 e. The van der Waals surface area contributed by atoms with Crippen molar-refractivity contribution in [1.29, 1.82) is 0 Å². The molecule has 1 N–H and O–H groups in total. The van der Waals surface area contributed by atoms with Gasteiger partial charge in [-0.3, -0.25) is 10.1 Å². The molecule has 13 heteroatoms. The van der Waals surface area contributed by atoms with E-state index >= 15 is 0 Å². The average Bonchev–Trinajstić information content (AvgIpc) is 2.78. The third-order valence-corrected chi connectivity index (χ3v) is 5.27. The number of nitro groups is 1. The predicted molar refractivity (Wildman–Crippen MR) is 116 cm³/mol. The first-order valence-electron chi connectivity index (χ1n) is 9.96. The number of benzene rings is 1. The van der Waals surface area contributed by atoms with Gasteiger partial charge in [0.2, 0.25) is 5.28 Å². The van der Waals surface area contributed by atoms with Gasteiger partial charge in [0.25, 0.3) is 5.69 Å². The van der Waals surface area contributed by atoms with Crippen molar-refractivity contribution in [3.05, 3.63) is 57.0 Å². The fraction of sp³-hybridized carbons (Fsp3) is 0.350. The Kier molecular flexibility index (Phi) is 6.47. The number of nitro benzene ring substituents is 1. The van der Waals surface area contributed by atoms with Crippen LogP contribution >= 0.6 is 11.6 Å². The first kappa shape index (κ1) is 22.9. The number of morpholine rings is 1. The first-order valence-corrected chi connectivity index (χ1v) is 10.3. The standard InChI is InChI=1S/C20H18ClF3N6O3/c21-19-27-16-11-26-17(29-3-5-33-6-4-29)10-15(16)18(28-19)25-2-1-12-7-13(20(22,23)24)9-14(8-12)30(31)32/h7-11H,1-6H2,(H,25,27,28). The maximum atomic E-state index is 13.1. The smallest absolute Gasteiger partial charge is 0.378 e. The van der Waals surface area contributed by atoms with Crippen LogP contribution in [0.4, 0.5) is 30.5 Å². The number of anilines is 2. The number of fused-ring (bicyclic) bond motifs is 1. The fourth-order valence-electron chi connectivity index (χ4n) is 3.51. The van der Waals surface area contributed by atoms with Gasteiger partial charge in [-0.1, -0.05) is 0 Å². The molecule has 0 atom stereocenters. The second-order valence-electron chi connectivity index (χ2n) is 7.32. The van der Waals surface area contributed by atoms with Gasteiger partial charge < -0.3 is 15.0 Å². The molecule has 3 heterocycles. The summed E-state index contributed by atoms with van der Waals surface area (Å²) in [6.07, 6.45) is -3.02. The third-order valence-electron chi connectivity index (χ3n) is 5.10. The number of nitrogens with zero attached hydrogens (tertiary/aromatic N) is 5. The van der Waals surface area contributed by atoms with Gasteiger partial charge in [0, 0.05) is 37.2 Å². The van der Waals surface area contributed by atoms with Gasteiger partial charge in [-0.2, -0.15) is 13.2 Å². The quantitative estimate of drug-likeness (QED) is 0.318. The molecule has 0 spiro atoms. The van der Waals surface area contributed by atoms with Crippen LogP contribution in [-0.2, 0) is 17.3 Å². The minimum Gasteiger partial charge on any atom is -0.378 e. The molecule has 4 rings (SSSR count). The van der Waals surface area contributed by atoms with E-state index in [4.69, 9.17) is 16.3 Å². The van der Waals surface area contributed by atoms with Crippen LogP contribution in [0.25, 0.3) is 10.9 Å². The van der Waals surface area contributed by atoms with E-state index < -0.39 is 22.4 Å². The van der Waals surface area contributed by atoms with E-state index in [1.54, 1.807) is 6.20 Å². The molecular formula is C20H18ClF3N6O3. The average molecular weight is 483 g/mol. The van der Waals surface area contributed by atoms with Crippen molar-refractivity contribution in [3.63, 3.8) is 0 Å². The zero-order valence-corrected chi connectivity index (χ0v) is 17.9. The predicted octanol–water partition coefficient (Wildman–Crippen LogP) is 4.10. The van der Waals surface area contributed by atoms with Crippen molar-refractivity contribution >= 4 is 39.8 Å². The van der Waals surface area contributed by atoms with Crippen molar-refractivity contribution < 1.29 is 22.8 Å². The van der Waals surface area contributed by atoms with Crippen molar-refractivity contribution in [2.45, 2.75) is 12.6 Å². The van der Waals surface area contributed by atoms with Crippen LogP contribution in [0.3, 0.4) is 0 Å². The molecule has 3 aromatic rings. The summed E-state index contributed by atoms with van der Waals surface area (Å²) < 4.78 is 44.7. The van der Waals surface area contributed by atoms with Crippen LogP contribution in [-0.4, -0.2) is 52.7 Å². The lowest BCUT2D eigenvalue weighted by Crippen LogP contribution is -2.36. The van der Waals surface area contributed by atoms with E-state index in [1.807, 2.05) is 6.07 Å². The molecule has 9 nitrogen and oxygen atoms in total. The second-order valence-corrected chi connectivity index (χ2v) is 7.66. The Hall–Kier alpha value is -3.25. The molecule has 174 valence electrons. The van der Waals surface area contributed by atoms with E-state index in [9.17, 15) is 23.3 Å². The van der Waals surface area contributed by atoms with E-state index in [-0.39, 0.29) is 23.8 Å². The van der Waals surface area contributed by atoms with Crippen LogP contribution in [0, 0.1) is 10.1 Å². The third kappa shape index (κ3) is 5.40. The summed E-state index contributed by atoms with van der Waals surface area (Å²) in [4.78, 5) is 25.1. The number of pyridine rings is 1. The fourth-order valence-corrected chi connectivity index (χ4v) is 3.68. The molecule has 0 bridgehead atoms. The highest BCUT2D eigenvalue weighted by Crippen LogP contribution is 2.33. The Balaban J connectivity index is 1.57. The molecule has 1 aromatic carbocycles. The Morgan fingerprint density at radius 1 is 1.18 bits per heavy atom. The Morgan fingerprint density at radius 3 is 2.64 bits per heavy atom. The highest BCUT2D eigenvalue weighted by Gasteiger charge is 2.32. The van der Waals surface area contributed by atoms with Gasteiger partial charge in [0.1, 0.15) is 11.6 Å². The van der Waals surface area contributed by atoms with Gasteiger partial charge in [0.15, 0.2) is 0 Å². The molecule has 0 saturated carbocycles. The van der Waals surface area contributed by atoms with Crippen LogP contribution < -0.4 is 10.2 Å². The lowest BCUT2D eigenvalue weighted by molar-refractivity contribution is -0.385. The monoisotopic (exact) mass is 482 g/mol. The van der Waals surface area contributed by atoms with Crippen molar-refractivity contribution in [2.24, 2.45) is 0 Å². The lowest BCUT2D eigenvalue weighted by atomic mass is 10.1. The zero-order valence-electron chi connectivity index (χ0n) is 17.1. The molecule has 1 fully saturated rings. The number of ether oxygens (including phenoxy) is 1. The van der Waals surface area contributed by atoms with Gasteiger partial charge in [0.05, 0.1) is 35.4 Å². The normalized spacial score (nSPS) is 14.5. The molecule has 0 aliphatic carbocycles. The molecule has 0 amide bonds. The second kappa shape index (κ2) is 9.32. The Bertz CT molecular complexity index is 1190. The Morgan fingerprint density at radius 2 is 1.94 bits per heavy atom. The number of rotatable bonds is 6. The number of non-ortho nitro benzene ring substituents is 1. The minimum atomic E-state index is -4.69. The minimum absolute atomic E-state index is 0.0133.